The highest BCUT2D eigenvalue weighted by molar-refractivity contribution is 7.89. The first kappa shape index (κ1) is 17.9. The van der Waals surface area contributed by atoms with Crippen LogP contribution in [-0.2, 0) is 16.6 Å². The predicted molar refractivity (Wildman–Crippen MR) is 69.4 cm³/mol. The maximum atomic E-state index is 13.3. The van der Waals surface area contributed by atoms with Crippen LogP contribution in [0.1, 0.15) is 19.4 Å². The SMILES string of the molecule is CC(C)N(CC(F)(F)F)S(=O)(=O)c1cc(F)ccc1CN. The van der Waals surface area contributed by atoms with Gasteiger partial charge in [-0.15, -0.1) is 0 Å². The molecular formula is C12H16F4N2O2S. The minimum atomic E-state index is -4.70. The van der Waals surface area contributed by atoms with E-state index in [2.05, 4.69) is 0 Å². The fourth-order valence-electron chi connectivity index (χ4n) is 1.79. The van der Waals surface area contributed by atoms with Crippen LogP contribution in [0.15, 0.2) is 23.1 Å². The van der Waals surface area contributed by atoms with Crippen molar-refractivity contribution in [2.45, 2.75) is 37.5 Å². The number of hydrogen-bond donors (Lipinski definition) is 1. The standard InChI is InChI=1S/C12H16F4N2O2S/c1-8(2)18(7-12(14,15)16)21(19,20)11-5-10(13)4-3-9(11)6-17/h3-5,8H,6-7,17H2,1-2H3. The second-order valence-electron chi connectivity index (χ2n) is 4.72. The molecule has 0 bridgehead atoms. The number of halogens is 4. The Bertz CT molecular complexity index is 600. The van der Waals surface area contributed by atoms with Gasteiger partial charge < -0.3 is 5.73 Å². The number of nitrogens with zero attached hydrogens (tertiary/aromatic N) is 1. The Morgan fingerprint density at radius 2 is 1.86 bits per heavy atom. The average Bonchev–Trinajstić information content (AvgIpc) is 2.34. The second-order valence-corrected chi connectivity index (χ2v) is 6.57. The number of sulfonamides is 1. The Hall–Kier alpha value is -1.19. The molecule has 0 amide bonds. The molecule has 1 aromatic rings. The van der Waals surface area contributed by atoms with Gasteiger partial charge in [-0.2, -0.15) is 17.5 Å². The zero-order chi connectivity index (χ0) is 16.4. The molecule has 1 aromatic carbocycles. The lowest BCUT2D eigenvalue weighted by atomic mass is 10.2. The molecule has 0 atom stereocenters. The largest absolute Gasteiger partial charge is 0.402 e. The molecule has 0 fully saturated rings. The summed E-state index contributed by atoms with van der Waals surface area (Å²) in [5, 5.41) is 0. The normalized spacial score (nSPS) is 13.2. The van der Waals surface area contributed by atoms with Gasteiger partial charge in [0.25, 0.3) is 0 Å². The molecular weight excluding hydrogens is 312 g/mol. The molecule has 1 rings (SSSR count). The maximum Gasteiger partial charge on any atom is 0.402 e. The molecule has 0 saturated heterocycles. The third kappa shape index (κ3) is 4.39. The zero-order valence-electron chi connectivity index (χ0n) is 11.5. The van der Waals surface area contributed by atoms with Crippen LogP contribution < -0.4 is 5.73 Å². The van der Waals surface area contributed by atoms with E-state index in [1.165, 1.54) is 13.8 Å². The predicted octanol–water partition coefficient (Wildman–Crippen LogP) is 2.25. The summed E-state index contributed by atoms with van der Waals surface area (Å²) in [6.07, 6.45) is -4.70. The minimum absolute atomic E-state index is 0.0595. The van der Waals surface area contributed by atoms with Gasteiger partial charge in [-0.3, -0.25) is 0 Å². The van der Waals surface area contributed by atoms with Crippen LogP contribution in [0.5, 0.6) is 0 Å². The maximum absolute atomic E-state index is 13.3. The van der Waals surface area contributed by atoms with Crippen LogP contribution in [0.3, 0.4) is 0 Å². The topological polar surface area (TPSA) is 63.4 Å². The van der Waals surface area contributed by atoms with E-state index in [1.807, 2.05) is 0 Å². The summed E-state index contributed by atoms with van der Waals surface area (Å²) in [7, 11) is -4.51. The quantitative estimate of drug-likeness (QED) is 0.843. The number of benzene rings is 1. The molecule has 0 radical (unpaired) electrons. The Balaban J connectivity index is 3.39. The highest BCUT2D eigenvalue weighted by Gasteiger charge is 2.39. The van der Waals surface area contributed by atoms with Gasteiger partial charge in [0, 0.05) is 12.6 Å². The molecule has 0 spiro atoms. The Morgan fingerprint density at radius 3 is 2.29 bits per heavy atom. The lowest BCUT2D eigenvalue weighted by Gasteiger charge is -2.27. The Kier molecular flexibility index (Phi) is 5.35. The first-order valence-electron chi connectivity index (χ1n) is 6.06. The molecule has 0 saturated carbocycles. The summed E-state index contributed by atoms with van der Waals surface area (Å²) in [6, 6.07) is 1.90. The fraction of sp³-hybridized carbons (Fsp3) is 0.500. The van der Waals surface area contributed by atoms with Crippen molar-refractivity contribution < 1.29 is 26.0 Å². The second kappa shape index (κ2) is 6.29. The summed E-state index contributed by atoms with van der Waals surface area (Å²) in [6.45, 7) is 0.746. The molecule has 0 aliphatic heterocycles. The number of hydrogen-bond acceptors (Lipinski definition) is 3. The van der Waals surface area contributed by atoms with Crippen LogP contribution in [0, 0.1) is 5.82 Å². The molecule has 0 aliphatic rings. The Labute approximate surface area is 120 Å². The zero-order valence-corrected chi connectivity index (χ0v) is 12.3. The molecule has 120 valence electrons. The van der Waals surface area contributed by atoms with Gasteiger partial charge in [0.1, 0.15) is 12.4 Å². The lowest BCUT2D eigenvalue weighted by Crippen LogP contribution is -2.43. The van der Waals surface area contributed by atoms with E-state index in [9.17, 15) is 26.0 Å². The molecule has 21 heavy (non-hydrogen) atoms. The molecule has 2 N–H and O–H groups in total. The first-order chi connectivity index (χ1) is 9.49. The van der Waals surface area contributed by atoms with Crippen molar-refractivity contribution in [1.29, 1.82) is 0 Å². The summed E-state index contributed by atoms with van der Waals surface area (Å²) >= 11 is 0. The van der Waals surface area contributed by atoms with E-state index in [0.717, 1.165) is 12.1 Å². The highest BCUT2D eigenvalue weighted by atomic mass is 32.2. The molecule has 4 nitrogen and oxygen atoms in total. The van der Waals surface area contributed by atoms with Crippen LogP contribution in [0.4, 0.5) is 17.6 Å². The molecule has 0 unspecified atom stereocenters. The van der Waals surface area contributed by atoms with Crippen LogP contribution in [-0.4, -0.2) is 31.5 Å². The van der Waals surface area contributed by atoms with E-state index in [4.69, 9.17) is 5.73 Å². The van der Waals surface area contributed by atoms with Gasteiger partial charge in [-0.25, -0.2) is 12.8 Å². The molecule has 0 aromatic heterocycles. The average molecular weight is 328 g/mol. The van der Waals surface area contributed by atoms with Crippen molar-refractivity contribution in [2.75, 3.05) is 6.54 Å². The van der Waals surface area contributed by atoms with Crippen molar-refractivity contribution in [3.05, 3.63) is 29.6 Å². The van der Waals surface area contributed by atoms with Crippen molar-refractivity contribution in [2.24, 2.45) is 5.73 Å². The van der Waals surface area contributed by atoms with Gasteiger partial charge >= 0.3 is 6.18 Å². The van der Waals surface area contributed by atoms with E-state index < -0.39 is 39.5 Å². The van der Waals surface area contributed by atoms with Gasteiger partial charge in [0.15, 0.2) is 0 Å². The first-order valence-corrected chi connectivity index (χ1v) is 7.50. The van der Waals surface area contributed by atoms with Crippen molar-refractivity contribution in [1.82, 2.24) is 4.31 Å². The van der Waals surface area contributed by atoms with Gasteiger partial charge in [-0.1, -0.05) is 6.07 Å². The van der Waals surface area contributed by atoms with Crippen LogP contribution >= 0.6 is 0 Å². The number of alkyl halides is 3. The van der Waals surface area contributed by atoms with Gasteiger partial charge in [0.2, 0.25) is 10.0 Å². The van der Waals surface area contributed by atoms with Crippen molar-refractivity contribution >= 4 is 10.0 Å². The Morgan fingerprint density at radius 1 is 1.29 bits per heavy atom. The lowest BCUT2D eigenvalue weighted by molar-refractivity contribution is -0.138. The molecule has 9 heteroatoms. The fourth-order valence-corrected chi connectivity index (χ4v) is 3.65. The van der Waals surface area contributed by atoms with Gasteiger partial charge in [0.05, 0.1) is 4.90 Å². The van der Waals surface area contributed by atoms with Gasteiger partial charge in [-0.05, 0) is 31.5 Å². The highest BCUT2D eigenvalue weighted by Crippen LogP contribution is 2.27. The van der Waals surface area contributed by atoms with Crippen molar-refractivity contribution in [3.63, 3.8) is 0 Å². The van der Waals surface area contributed by atoms with E-state index in [-0.39, 0.29) is 16.4 Å². The summed E-state index contributed by atoms with van der Waals surface area (Å²) in [5.74, 6) is -0.860. The monoisotopic (exact) mass is 328 g/mol. The molecule has 0 heterocycles. The summed E-state index contributed by atoms with van der Waals surface area (Å²) in [5.41, 5.74) is 5.43. The van der Waals surface area contributed by atoms with Crippen molar-refractivity contribution in [3.8, 4) is 0 Å². The third-order valence-electron chi connectivity index (χ3n) is 2.75. The van der Waals surface area contributed by atoms with E-state index in [1.54, 1.807) is 0 Å². The smallest absolute Gasteiger partial charge is 0.326 e. The molecule has 0 aliphatic carbocycles. The summed E-state index contributed by atoms with van der Waals surface area (Å²) < 4.78 is 76.0. The van der Waals surface area contributed by atoms with Crippen LogP contribution in [0.25, 0.3) is 0 Å². The van der Waals surface area contributed by atoms with E-state index in [0.29, 0.717) is 6.07 Å². The summed E-state index contributed by atoms with van der Waals surface area (Å²) in [4.78, 5) is -0.539. The third-order valence-corrected chi connectivity index (χ3v) is 4.85. The number of nitrogens with two attached hydrogens (primary N) is 1. The van der Waals surface area contributed by atoms with Crippen LogP contribution in [0.2, 0.25) is 0 Å². The van der Waals surface area contributed by atoms with E-state index >= 15 is 0 Å². The minimum Gasteiger partial charge on any atom is -0.326 e. The number of rotatable bonds is 5.